The molecule has 0 aliphatic heterocycles. The molecular weight excluding hydrogens is 318 g/mol. The van der Waals surface area contributed by atoms with Gasteiger partial charge in [-0.25, -0.2) is 0 Å². The average molecular weight is 337 g/mol. The first-order chi connectivity index (χ1) is 8.13. The molecule has 0 unspecified atom stereocenters. The van der Waals surface area contributed by atoms with Crippen molar-refractivity contribution in [3.8, 4) is 11.5 Å². The highest BCUT2D eigenvalue weighted by Crippen LogP contribution is 2.37. The molecule has 0 aliphatic rings. The van der Waals surface area contributed by atoms with Crippen LogP contribution in [0.15, 0.2) is 29.3 Å². The number of ether oxygens (including phenoxy) is 2. The van der Waals surface area contributed by atoms with Gasteiger partial charge in [-0.05, 0) is 46.5 Å². The van der Waals surface area contributed by atoms with Gasteiger partial charge in [0.05, 0.1) is 14.2 Å². The lowest BCUT2D eigenvalue weighted by Gasteiger charge is -2.15. The zero-order chi connectivity index (χ0) is 12.8. The molecule has 0 amide bonds. The predicted molar refractivity (Wildman–Crippen MR) is 80.9 cm³/mol. The standard InChI is InChI=1S/C13H18BrNO2.ClH/c1-4-5-6-10(15)9-7-11(16-2)13(14)12(8-9)17-3;/h4,7-8,10H,1,5-6,15H2,2-3H3;1H/t10-;/m1./s1. The minimum Gasteiger partial charge on any atom is -0.495 e. The fourth-order valence-electron chi connectivity index (χ4n) is 1.57. The quantitative estimate of drug-likeness (QED) is 0.802. The molecule has 2 N–H and O–H groups in total. The van der Waals surface area contributed by atoms with Crippen molar-refractivity contribution in [3.63, 3.8) is 0 Å². The topological polar surface area (TPSA) is 44.5 Å². The normalized spacial score (nSPS) is 11.3. The van der Waals surface area contributed by atoms with Crippen LogP contribution in [-0.2, 0) is 0 Å². The van der Waals surface area contributed by atoms with Crippen molar-refractivity contribution in [3.05, 3.63) is 34.8 Å². The number of nitrogens with two attached hydrogens (primary N) is 1. The fraction of sp³-hybridized carbons (Fsp3) is 0.385. The van der Waals surface area contributed by atoms with Gasteiger partial charge < -0.3 is 15.2 Å². The number of methoxy groups -OCH3 is 2. The van der Waals surface area contributed by atoms with Crippen molar-refractivity contribution in [1.82, 2.24) is 0 Å². The zero-order valence-corrected chi connectivity index (χ0v) is 13.0. The van der Waals surface area contributed by atoms with Crippen molar-refractivity contribution in [2.24, 2.45) is 5.73 Å². The first-order valence-electron chi connectivity index (χ1n) is 5.42. The van der Waals surface area contributed by atoms with Gasteiger partial charge in [0, 0.05) is 6.04 Å². The third kappa shape index (κ3) is 4.19. The predicted octanol–water partition coefficient (Wildman–Crippen LogP) is 3.85. The minimum absolute atomic E-state index is 0. The number of hydrogen-bond acceptors (Lipinski definition) is 3. The van der Waals surface area contributed by atoms with E-state index in [0.717, 1.165) is 34.4 Å². The lowest BCUT2D eigenvalue weighted by molar-refractivity contribution is 0.387. The molecule has 5 heteroatoms. The summed E-state index contributed by atoms with van der Waals surface area (Å²) in [4.78, 5) is 0. The molecule has 0 spiro atoms. The lowest BCUT2D eigenvalue weighted by atomic mass is 10.0. The Morgan fingerprint density at radius 1 is 1.33 bits per heavy atom. The van der Waals surface area contributed by atoms with E-state index in [0.29, 0.717) is 0 Å². The van der Waals surface area contributed by atoms with Gasteiger partial charge >= 0.3 is 0 Å². The highest BCUT2D eigenvalue weighted by atomic mass is 79.9. The van der Waals surface area contributed by atoms with E-state index in [9.17, 15) is 0 Å². The van der Waals surface area contributed by atoms with Gasteiger partial charge in [-0.2, -0.15) is 0 Å². The molecular formula is C13H19BrClNO2. The Balaban J connectivity index is 0.00000289. The Morgan fingerprint density at radius 2 is 1.83 bits per heavy atom. The summed E-state index contributed by atoms with van der Waals surface area (Å²) < 4.78 is 11.4. The molecule has 1 atom stereocenters. The summed E-state index contributed by atoms with van der Waals surface area (Å²) in [5.74, 6) is 1.46. The van der Waals surface area contributed by atoms with Crippen LogP contribution in [0.5, 0.6) is 11.5 Å². The molecule has 0 radical (unpaired) electrons. The van der Waals surface area contributed by atoms with Crippen molar-refractivity contribution < 1.29 is 9.47 Å². The van der Waals surface area contributed by atoms with Crippen LogP contribution in [0.25, 0.3) is 0 Å². The van der Waals surface area contributed by atoms with E-state index in [1.54, 1.807) is 14.2 Å². The smallest absolute Gasteiger partial charge is 0.137 e. The van der Waals surface area contributed by atoms with Crippen LogP contribution in [-0.4, -0.2) is 14.2 Å². The summed E-state index contributed by atoms with van der Waals surface area (Å²) in [6.45, 7) is 3.70. The number of rotatable bonds is 6. The van der Waals surface area contributed by atoms with Gasteiger partial charge in [-0.15, -0.1) is 19.0 Å². The summed E-state index contributed by atoms with van der Waals surface area (Å²) in [5, 5.41) is 0. The minimum atomic E-state index is -0.0381. The summed E-state index contributed by atoms with van der Waals surface area (Å²) in [6, 6.07) is 3.82. The van der Waals surface area contributed by atoms with Crippen LogP contribution in [0.4, 0.5) is 0 Å². The van der Waals surface area contributed by atoms with Gasteiger partial charge in [-0.1, -0.05) is 6.08 Å². The van der Waals surface area contributed by atoms with E-state index >= 15 is 0 Å². The van der Waals surface area contributed by atoms with Gasteiger partial charge in [0.2, 0.25) is 0 Å². The van der Waals surface area contributed by atoms with E-state index in [4.69, 9.17) is 15.2 Å². The zero-order valence-electron chi connectivity index (χ0n) is 10.6. The average Bonchev–Trinajstić information content (AvgIpc) is 2.36. The molecule has 0 bridgehead atoms. The Kier molecular flexibility index (Phi) is 8.07. The Bertz CT molecular complexity index is 374. The van der Waals surface area contributed by atoms with Crippen LogP contribution in [0, 0.1) is 0 Å². The van der Waals surface area contributed by atoms with Crippen LogP contribution in [0.1, 0.15) is 24.4 Å². The molecule has 0 fully saturated rings. The lowest BCUT2D eigenvalue weighted by Crippen LogP contribution is -2.10. The number of allylic oxidation sites excluding steroid dienone is 1. The largest absolute Gasteiger partial charge is 0.495 e. The Labute approximate surface area is 123 Å². The SMILES string of the molecule is C=CCC[C@@H](N)c1cc(OC)c(Br)c(OC)c1.Cl. The highest BCUT2D eigenvalue weighted by molar-refractivity contribution is 9.10. The number of hydrogen-bond donors (Lipinski definition) is 1. The van der Waals surface area contributed by atoms with E-state index < -0.39 is 0 Å². The van der Waals surface area contributed by atoms with E-state index in [1.165, 1.54) is 0 Å². The van der Waals surface area contributed by atoms with Crippen LogP contribution in [0.3, 0.4) is 0 Å². The van der Waals surface area contributed by atoms with Crippen LogP contribution >= 0.6 is 28.3 Å². The second-order valence-corrected chi connectivity index (χ2v) is 4.50. The van der Waals surface area contributed by atoms with Crippen molar-refractivity contribution in [2.45, 2.75) is 18.9 Å². The first kappa shape index (κ1) is 17.3. The number of benzene rings is 1. The number of halogens is 2. The Morgan fingerprint density at radius 3 is 2.22 bits per heavy atom. The molecule has 0 aliphatic carbocycles. The molecule has 0 aromatic heterocycles. The van der Waals surface area contributed by atoms with Crippen LogP contribution < -0.4 is 15.2 Å². The fourth-order valence-corrected chi connectivity index (χ4v) is 2.12. The first-order valence-corrected chi connectivity index (χ1v) is 6.21. The van der Waals surface area contributed by atoms with E-state index in [1.807, 2.05) is 18.2 Å². The molecule has 1 aromatic rings. The molecule has 0 saturated carbocycles. The maximum Gasteiger partial charge on any atom is 0.137 e. The molecule has 0 saturated heterocycles. The Hall–Kier alpha value is -0.710. The van der Waals surface area contributed by atoms with E-state index in [2.05, 4.69) is 22.5 Å². The molecule has 18 heavy (non-hydrogen) atoms. The van der Waals surface area contributed by atoms with Gasteiger partial charge in [0.25, 0.3) is 0 Å². The summed E-state index contributed by atoms with van der Waals surface area (Å²) in [7, 11) is 3.25. The molecule has 0 heterocycles. The summed E-state index contributed by atoms with van der Waals surface area (Å²) in [5.41, 5.74) is 7.11. The second-order valence-electron chi connectivity index (χ2n) is 3.71. The second kappa shape index (κ2) is 8.40. The summed E-state index contributed by atoms with van der Waals surface area (Å²) in [6.07, 6.45) is 3.62. The van der Waals surface area contributed by atoms with Gasteiger partial charge in [0.15, 0.2) is 0 Å². The van der Waals surface area contributed by atoms with E-state index in [-0.39, 0.29) is 18.4 Å². The molecule has 3 nitrogen and oxygen atoms in total. The maximum atomic E-state index is 6.10. The monoisotopic (exact) mass is 335 g/mol. The van der Waals surface area contributed by atoms with Crippen molar-refractivity contribution in [1.29, 1.82) is 0 Å². The molecule has 1 rings (SSSR count). The van der Waals surface area contributed by atoms with Crippen molar-refractivity contribution >= 4 is 28.3 Å². The third-order valence-corrected chi connectivity index (χ3v) is 3.36. The highest BCUT2D eigenvalue weighted by Gasteiger charge is 2.13. The third-order valence-electron chi connectivity index (χ3n) is 2.58. The maximum absolute atomic E-state index is 6.10. The van der Waals surface area contributed by atoms with Gasteiger partial charge in [-0.3, -0.25) is 0 Å². The van der Waals surface area contributed by atoms with Crippen molar-refractivity contribution in [2.75, 3.05) is 14.2 Å². The van der Waals surface area contributed by atoms with Gasteiger partial charge in [0.1, 0.15) is 16.0 Å². The summed E-state index contributed by atoms with van der Waals surface area (Å²) >= 11 is 3.43. The molecule has 1 aromatic carbocycles. The van der Waals surface area contributed by atoms with Crippen LogP contribution in [0.2, 0.25) is 0 Å². The molecule has 102 valence electrons.